The van der Waals surface area contributed by atoms with Crippen LogP contribution in [0.4, 0.5) is 0 Å². The zero-order valence-electron chi connectivity index (χ0n) is 9.28. The van der Waals surface area contributed by atoms with Crippen LogP contribution in [0.15, 0.2) is 18.7 Å². The van der Waals surface area contributed by atoms with Gasteiger partial charge in [-0.15, -0.1) is 0 Å². The summed E-state index contributed by atoms with van der Waals surface area (Å²) in [6.45, 7) is 8.06. The molecule has 3 heteroatoms. The lowest BCUT2D eigenvalue weighted by molar-refractivity contribution is -0.696. The van der Waals surface area contributed by atoms with Gasteiger partial charge in [0.25, 0.3) is 0 Å². The molecule has 0 saturated carbocycles. The Morgan fingerprint density at radius 2 is 2.14 bits per heavy atom. The molecular weight excluding hydrogens is 176 g/mol. The number of hydrogen-bond acceptors (Lipinski definition) is 1. The summed E-state index contributed by atoms with van der Waals surface area (Å²) in [5.74, 6) is 0. The first-order valence-electron chi connectivity index (χ1n) is 5.49. The molecule has 0 radical (unpaired) electrons. The van der Waals surface area contributed by atoms with Crippen molar-refractivity contribution in [1.82, 2.24) is 4.57 Å². The predicted octanol–water partition coefficient (Wildman–Crippen LogP) is 1.61. The monoisotopic (exact) mass is 197 g/mol. The lowest BCUT2D eigenvalue weighted by atomic mass is 10.3. The molecule has 14 heavy (non-hydrogen) atoms. The van der Waals surface area contributed by atoms with Crippen LogP contribution < -0.4 is 4.57 Å². The lowest BCUT2D eigenvalue weighted by Crippen LogP contribution is -2.31. The standard InChI is InChI=1S/C11H21N2O/c1-3-12-8-9-13(11-12)7-5-6-10-14-4-2/h8-9,11H,3-7,10H2,1-2H3/q+1. The normalized spacial score (nSPS) is 10.7. The van der Waals surface area contributed by atoms with E-state index < -0.39 is 0 Å². The Hall–Kier alpha value is -0.830. The SMILES string of the molecule is CCOCCCC[n+]1ccn(CC)c1. The number of aryl methyl sites for hydroxylation is 2. The summed E-state index contributed by atoms with van der Waals surface area (Å²) in [7, 11) is 0. The Labute approximate surface area is 86.3 Å². The fraction of sp³-hybridized carbons (Fsp3) is 0.727. The molecule has 0 aliphatic carbocycles. The quantitative estimate of drug-likeness (QED) is 0.480. The molecule has 1 heterocycles. The van der Waals surface area contributed by atoms with Gasteiger partial charge in [0, 0.05) is 13.2 Å². The zero-order chi connectivity index (χ0) is 10.2. The average Bonchev–Trinajstić information content (AvgIpc) is 2.65. The van der Waals surface area contributed by atoms with Crippen LogP contribution in [0, 0.1) is 0 Å². The second kappa shape index (κ2) is 6.60. The first-order valence-corrected chi connectivity index (χ1v) is 5.49. The maximum absolute atomic E-state index is 5.28. The minimum Gasteiger partial charge on any atom is -0.382 e. The van der Waals surface area contributed by atoms with E-state index in [4.69, 9.17) is 4.74 Å². The van der Waals surface area contributed by atoms with Crippen LogP contribution in [0.2, 0.25) is 0 Å². The lowest BCUT2D eigenvalue weighted by Gasteiger charge is -1.99. The van der Waals surface area contributed by atoms with Crippen LogP contribution in [-0.4, -0.2) is 17.8 Å². The zero-order valence-corrected chi connectivity index (χ0v) is 9.28. The van der Waals surface area contributed by atoms with Crippen LogP contribution in [0.1, 0.15) is 26.7 Å². The summed E-state index contributed by atoms with van der Waals surface area (Å²) >= 11 is 0. The Morgan fingerprint density at radius 3 is 2.79 bits per heavy atom. The van der Waals surface area contributed by atoms with Crippen molar-refractivity contribution in [2.45, 2.75) is 39.8 Å². The van der Waals surface area contributed by atoms with Gasteiger partial charge in [-0.3, -0.25) is 0 Å². The molecule has 0 aromatic carbocycles. The molecule has 0 spiro atoms. The van der Waals surface area contributed by atoms with Gasteiger partial charge in [0.15, 0.2) is 0 Å². The highest BCUT2D eigenvalue weighted by molar-refractivity contribution is 4.64. The minimum absolute atomic E-state index is 0.833. The maximum atomic E-state index is 5.28. The summed E-state index contributed by atoms with van der Waals surface area (Å²) in [5.41, 5.74) is 0. The Morgan fingerprint density at radius 1 is 1.29 bits per heavy atom. The summed E-state index contributed by atoms with van der Waals surface area (Å²) in [5, 5.41) is 0. The fourth-order valence-corrected chi connectivity index (χ4v) is 1.40. The summed E-state index contributed by atoms with van der Waals surface area (Å²) in [6, 6.07) is 0. The van der Waals surface area contributed by atoms with Crippen molar-refractivity contribution in [3.63, 3.8) is 0 Å². The molecule has 1 aromatic heterocycles. The molecule has 0 fully saturated rings. The third kappa shape index (κ3) is 3.92. The minimum atomic E-state index is 0.833. The highest BCUT2D eigenvalue weighted by Gasteiger charge is 2.00. The molecule has 0 atom stereocenters. The van der Waals surface area contributed by atoms with Gasteiger partial charge < -0.3 is 4.74 Å². The van der Waals surface area contributed by atoms with Crippen LogP contribution in [0.5, 0.6) is 0 Å². The Kier molecular flexibility index (Phi) is 5.30. The average molecular weight is 197 g/mol. The number of rotatable bonds is 7. The maximum Gasteiger partial charge on any atom is 0.243 e. The van der Waals surface area contributed by atoms with Crippen molar-refractivity contribution < 1.29 is 9.30 Å². The van der Waals surface area contributed by atoms with Gasteiger partial charge >= 0.3 is 0 Å². The van der Waals surface area contributed by atoms with E-state index in [2.05, 4.69) is 34.8 Å². The van der Waals surface area contributed by atoms with E-state index in [0.29, 0.717) is 0 Å². The van der Waals surface area contributed by atoms with Crippen LogP contribution in [0.25, 0.3) is 0 Å². The molecule has 80 valence electrons. The first kappa shape index (κ1) is 11.2. The smallest absolute Gasteiger partial charge is 0.243 e. The number of aromatic nitrogens is 2. The van der Waals surface area contributed by atoms with E-state index in [1.165, 1.54) is 6.42 Å². The molecule has 1 aromatic rings. The summed E-state index contributed by atoms with van der Waals surface area (Å²) in [4.78, 5) is 0. The molecule has 0 aliphatic heterocycles. The molecule has 0 saturated heterocycles. The Balaban J connectivity index is 2.12. The largest absolute Gasteiger partial charge is 0.382 e. The van der Waals surface area contributed by atoms with E-state index >= 15 is 0 Å². The number of unbranched alkanes of at least 4 members (excludes halogenated alkanes) is 1. The van der Waals surface area contributed by atoms with Crippen LogP contribution >= 0.6 is 0 Å². The van der Waals surface area contributed by atoms with Crippen LogP contribution in [-0.2, 0) is 17.8 Å². The molecule has 3 nitrogen and oxygen atoms in total. The van der Waals surface area contributed by atoms with Crippen molar-refractivity contribution in [3.8, 4) is 0 Å². The van der Waals surface area contributed by atoms with Gasteiger partial charge in [-0.1, -0.05) is 0 Å². The molecular formula is C11H21N2O+. The number of imidazole rings is 1. The third-order valence-electron chi connectivity index (χ3n) is 2.27. The molecule has 0 amide bonds. The first-order chi connectivity index (χ1) is 6.86. The number of hydrogen-bond donors (Lipinski definition) is 0. The second-order valence-electron chi connectivity index (χ2n) is 3.39. The molecule has 0 N–H and O–H groups in total. The van der Waals surface area contributed by atoms with E-state index in [1.807, 2.05) is 6.92 Å². The fourth-order valence-electron chi connectivity index (χ4n) is 1.40. The van der Waals surface area contributed by atoms with Crippen molar-refractivity contribution in [3.05, 3.63) is 18.7 Å². The van der Waals surface area contributed by atoms with Gasteiger partial charge in [0.05, 0.1) is 13.1 Å². The van der Waals surface area contributed by atoms with E-state index in [0.717, 1.165) is 32.7 Å². The van der Waals surface area contributed by atoms with Crippen molar-refractivity contribution in [2.24, 2.45) is 0 Å². The second-order valence-corrected chi connectivity index (χ2v) is 3.39. The molecule has 0 bridgehead atoms. The summed E-state index contributed by atoms with van der Waals surface area (Å²) < 4.78 is 9.70. The topological polar surface area (TPSA) is 18.0 Å². The van der Waals surface area contributed by atoms with Gasteiger partial charge in [-0.2, -0.15) is 0 Å². The van der Waals surface area contributed by atoms with Crippen molar-refractivity contribution >= 4 is 0 Å². The predicted molar refractivity (Wildman–Crippen MR) is 56.0 cm³/mol. The molecule has 0 unspecified atom stereocenters. The van der Waals surface area contributed by atoms with Gasteiger partial charge in [-0.25, -0.2) is 9.13 Å². The Bertz CT molecular complexity index is 245. The van der Waals surface area contributed by atoms with Gasteiger partial charge in [0.1, 0.15) is 12.4 Å². The summed E-state index contributed by atoms with van der Waals surface area (Å²) in [6.07, 6.45) is 8.74. The molecule has 1 rings (SSSR count). The highest BCUT2D eigenvalue weighted by Crippen LogP contribution is 1.91. The molecule has 0 aliphatic rings. The highest BCUT2D eigenvalue weighted by atomic mass is 16.5. The van der Waals surface area contributed by atoms with E-state index in [9.17, 15) is 0 Å². The van der Waals surface area contributed by atoms with Crippen molar-refractivity contribution in [2.75, 3.05) is 13.2 Å². The van der Waals surface area contributed by atoms with Crippen LogP contribution in [0.3, 0.4) is 0 Å². The van der Waals surface area contributed by atoms with Gasteiger partial charge in [-0.05, 0) is 26.7 Å². The van der Waals surface area contributed by atoms with Crippen molar-refractivity contribution in [1.29, 1.82) is 0 Å². The van der Waals surface area contributed by atoms with E-state index in [-0.39, 0.29) is 0 Å². The number of ether oxygens (including phenoxy) is 1. The number of nitrogens with zero attached hydrogens (tertiary/aromatic N) is 2. The third-order valence-corrected chi connectivity index (χ3v) is 2.27. The van der Waals surface area contributed by atoms with E-state index in [1.54, 1.807) is 0 Å². The van der Waals surface area contributed by atoms with Gasteiger partial charge in [0.2, 0.25) is 6.33 Å².